The second-order valence-electron chi connectivity index (χ2n) is 6.60. The summed E-state index contributed by atoms with van der Waals surface area (Å²) in [6.07, 6.45) is 0.648. The van der Waals surface area contributed by atoms with E-state index in [9.17, 15) is 4.79 Å². The van der Waals surface area contributed by atoms with Crippen molar-refractivity contribution >= 4 is 5.97 Å². The van der Waals surface area contributed by atoms with E-state index in [0.717, 1.165) is 13.1 Å². The number of likely N-dealkylation sites (tertiary alicyclic amines) is 1. The van der Waals surface area contributed by atoms with E-state index in [0.29, 0.717) is 13.0 Å². The Balaban J connectivity index is 1.95. The summed E-state index contributed by atoms with van der Waals surface area (Å²) in [6, 6.07) is 10.2. The van der Waals surface area contributed by atoms with Gasteiger partial charge < -0.3 is 10.5 Å². The van der Waals surface area contributed by atoms with Crippen LogP contribution in [0, 0.1) is 0 Å². The van der Waals surface area contributed by atoms with Crippen LogP contribution in [-0.4, -0.2) is 35.1 Å². The largest absolute Gasteiger partial charge is 0.459 e. The van der Waals surface area contributed by atoms with Crippen molar-refractivity contribution in [1.82, 2.24) is 4.90 Å². The molecule has 0 amide bonds. The lowest BCUT2D eigenvalue weighted by atomic mass is 10.00. The van der Waals surface area contributed by atoms with Crippen molar-refractivity contribution in [2.24, 2.45) is 5.73 Å². The zero-order chi connectivity index (χ0) is 14.8. The van der Waals surface area contributed by atoms with Crippen molar-refractivity contribution in [3.05, 3.63) is 35.9 Å². The number of benzene rings is 1. The molecule has 2 N–H and O–H groups in total. The number of rotatable bonds is 3. The topological polar surface area (TPSA) is 55.6 Å². The van der Waals surface area contributed by atoms with Crippen LogP contribution in [0.25, 0.3) is 0 Å². The van der Waals surface area contributed by atoms with Crippen molar-refractivity contribution in [3.8, 4) is 0 Å². The molecule has 0 aliphatic carbocycles. The van der Waals surface area contributed by atoms with Crippen LogP contribution in [0.15, 0.2) is 30.3 Å². The molecule has 1 saturated heterocycles. The van der Waals surface area contributed by atoms with Crippen LogP contribution in [0.4, 0.5) is 0 Å². The van der Waals surface area contributed by atoms with Crippen LogP contribution in [-0.2, 0) is 16.1 Å². The second-order valence-corrected chi connectivity index (χ2v) is 6.60. The van der Waals surface area contributed by atoms with E-state index < -0.39 is 11.1 Å². The number of nitrogens with zero attached hydrogens (tertiary/aromatic N) is 1. The molecule has 0 aromatic heterocycles. The summed E-state index contributed by atoms with van der Waals surface area (Å²) in [5.74, 6) is -0.291. The fraction of sp³-hybridized carbons (Fsp3) is 0.562. The number of hydrogen-bond donors (Lipinski definition) is 1. The summed E-state index contributed by atoms with van der Waals surface area (Å²) in [5.41, 5.74) is 6.11. The molecule has 1 aliphatic rings. The zero-order valence-corrected chi connectivity index (χ0v) is 12.6. The highest BCUT2D eigenvalue weighted by molar-refractivity contribution is 5.81. The molecule has 2 rings (SSSR count). The molecule has 1 fully saturated rings. The molecule has 110 valence electrons. The fourth-order valence-electron chi connectivity index (χ4n) is 2.44. The van der Waals surface area contributed by atoms with E-state index in [1.54, 1.807) is 0 Å². The average Bonchev–Trinajstić information content (AvgIpc) is 2.71. The number of carbonyl (C=O) groups is 1. The van der Waals surface area contributed by atoms with Gasteiger partial charge in [-0.2, -0.15) is 0 Å². The molecule has 0 saturated carbocycles. The molecule has 20 heavy (non-hydrogen) atoms. The van der Waals surface area contributed by atoms with Crippen LogP contribution in [0.3, 0.4) is 0 Å². The van der Waals surface area contributed by atoms with Crippen LogP contribution in [0.5, 0.6) is 0 Å². The maximum absolute atomic E-state index is 12.2. The molecule has 1 aliphatic heterocycles. The van der Waals surface area contributed by atoms with Gasteiger partial charge in [-0.15, -0.1) is 0 Å². The van der Waals surface area contributed by atoms with Crippen LogP contribution < -0.4 is 5.73 Å². The molecule has 0 spiro atoms. The maximum Gasteiger partial charge on any atom is 0.328 e. The van der Waals surface area contributed by atoms with Gasteiger partial charge in [0.25, 0.3) is 0 Å². The van der Waals surface area contributed by atoms with Crippen LogP contribution >= 0.6 is 0 Å². The first-order valence-corrected chi connectivity index (χ1v) is 7.07. The standard InChI is InChI=1S/C16H24N2O2/c1-15(2,3)20-14(19)16(17)9-10-18(12-16)11-13-7-5-4-6-8-13/h4-8H,9-12,17H2,1-3H3. The molecule has 0 radical (unpaired) electrons. The molecule has 4 nitrogen and oxygen atoms in total. The summed E-state index contributed by atoms with van der Waals surface area (Å²) in [5, 5.41) is 0. The molecule has 1 heterocycles. The van der Waals surface area contributed by atoms with Gasteiger partial charge in [0.2, 0.25) is 0 Å². The summed E-state index contributed by atoms with van der Waals surface area (Å²) in [6.45, 7) is 7.80. The summed E-state index contributed by atoms with van der Waals surface area (Å²) < 4.78 is 5.43. The Morgan fingerprint density at radius 2 is 2.00 bits per heavy atom. The van der Waals surface area contributed by atoms with Crippen molar-refractivity contribution < 1.29 is 9.53 Å². The average molecular weight is 276 g/mol. The van der Waals surface area contributed by atoms with E-state index in [4.69, 9.17) is 10.5 Å². The van der Waals surface area contributed by atoms with Gasteiger partial charge >= 0.3 is 5.97 Å². The van der Waals surface area contributed by atoms with Gasteiger partial charge in [-0.25, -0.2) is 4.79 Å². The predicted molar refractivity (Wildman–Crippen MR) is 79.1 cm³/mol. The third kappa shape index (κ3) is 3.81. The Labute approximate surface area is 120 Å². The van der Waals surface area contributed by atoms with Gasteiger partial charge in [0, 0.05) is 19.6 Å². The van der Waals surface area contributed by atoms with E-state index in [2.05, 4.69) is 17.0 Å². The lowest BCUT2D eigenvalue weighted by Gasteiger charge is -2.28. The minimum Gasteiger partial charge on any atom is -0.459 e. The Morgan fingerprint density at radius 3 is 2.60 bits per heavy atom. The first-order chi connectivity index (χ1) is 9.28. The molecular formula is C16H24N2O2. The zero-order valence-electron chi connectivity index (χ0n) is 12.6. The van der Waals surface area contributed by atoms with Crippen molar-refractivity contribution in [2.45, 2.75) is 44.9 Å². The first-order valence-electron chi connectivity index (χ1n) is 7.07. The van der Waals surface area contributed by atoms with E-state index in [-0.39, 0.29) is 5.97 Å². The number of nitrogens with two attached hydrogens (primary N) is 1. The van der Waals surface area contributed by atoms with Crippen LogP contribution in [0.2, 0.25) is 0 Å². The predicted octanol–water partition coefficient (Wildman–Crippen LogP) is 1.93. The molecule has 0 bridgehead atoms. The number of ether oxygens (including phenoxy) is 1. The van der Waals surface area contributed by atoms with Crippen molar-refractivity contribution in [2.75, 3.05) is 13.1 Å². The summed E-state index contributed by atoms with van der Waals surface area (Å²) in [4.78, 5) is 14.4. The monoisotopic (exact) mass is 276 g/mol. The molecular weight excluding hydrogens is 252 g/mol. The lowest BCUT2D eigenvalue weighted by molar-refractivity contribution is -0.161. The van der Waals surface area contributed by atoms with E-state index in [1.165, 1.54) is 5.56 Å². The minimum atomic E-state index is -0.873. The lowest BCUT2D eigenvalue weighted by Crippen LogP contribution is -2.52. The van der Waals surface area contributed by atoms with E-state index >= 15 is 0 Å². The van der Waals surface area contributed by atoms with Crippen molar-refractivity contribution in [3.63, 3.8) is 0 Å². The van der Waals surface area contributed by atoms with E-state index in [1.807, 2.05) is 39.0 Å². The SMILES string of the molecule is CC(C)(C)OC(=O)C1(N)CCN(Cc2ccccc2)C1. The fourth-order valence-corrected chi connectivity index (χ4v) is 2.44. The quantitative estimate of drug-likeness (QED) is 0.857. The van der Waals surface area contributed by atoms with Gasteiger partial charge in [-0.05, 0) is 32.8 Å². The first kappa shape index (κ1) is 15.0. The highest BCUT2D eigenvalue weighted by Gasteiger charge is 2.43. The van der Waals surface area contributed by atoms with Gasteiger partial charge in [0.05, 0.1) is 0 Å². The van der Waals surface area contributed by atoms with Gasteiger partial charge in [0.1, 0.15) is 11.1 Å². The third-order valence-electron chi connectivity index (χ3n) is 3.43. The molecule has 1 unspecified atom stereocenters. The molecule has 4 heteroatoms. The molecule has 1 aromatic carbocycles. The Bertz CT molecular complexity index is 467. The van der Waals surface area contributed by atoms with Gasteiger partial charge in [-0.1, -0.05) is 30.3 Å². The number of carbonyl (C=O) groups excluding carboxylic acids is 1. The van der Waals surface area contributed by atoms with Gasteiger partial charge in [-0.3, -0.25) is 4.90 Å². The summed E-state index contributed by atoms with van der Waals surface area (Å²) in [7, 11) is 0. The Kier molecular flexibility index (Phi) is 4.16. The number of esters is 1. The molecule has 1 atom stereocenters. The Hall–Kier alpha value is -1.39. The normalized spacial score (nSPS) is 23.8. The van der Waals surface area contributed by atoms with Gasteiger partial charge in [0.15, 0.2) is 0 Å². The van der Waals surface area contributed by atoms with Crippen LogP contribution in [0.1, 0.15) is 32.8 Å². The highest BCUT2D eigenvalue weighted by Crippen LogP contribution is 2.24. The summed E-state index contributed by atoms with van der Waals surface area (Å²) >= 11 is 0. The minimum absolute atomic E-state index is 0.291. The smallest absolute Gasteiger partial charge is 0.328 e. The maximum atomic E-state index is 12.2. The Morgan fingerprint density at radius 1 is 1.35 bits per heavy atom. The number of hydrogen-bond acceptors (Lipinski definition) is 4. The second kappa shape index (κ2) is 5.54. The highest BCUT2D eigenvalue weighted by atomic mass is 16.6. The molecule has 1 aromatic rings. The van der Waals surface area contributed by atoms with Crippen molar-refractivity contribution in [1.29, 1.82) is 0 Å². The third-order valence-corrected chi connectivity index (χ3v) is 3.43.